The van der Waals surface area contributed by atoms with Crippen molar-refractivity contribution >= 4 is 23.7 Å². The first kappa shape index (κ1) is 25.8. The number of nitrogens with one attached hydrogen (secondary N) is 3. The maximum absolute atomic E-state index is 12.8. The molecule has 12 nitrogen and oxygen atoms in total. The molecular formula is C17H30N6O6. The van der Waals surface area contributed by atoms with Gasteiger partial charge in [0.15, 0.2) is 5.03 Å². The lowest BCUT2D eigenvalue weighted by atomic mass is 10.0. The number of amides is 2. The highest BCUT2D eigenvalue weighted by Gasteiger charge is 2.39. The number of carbonyl (C=O) groups is 3. The second-order valence-corrected chi connectivity index (χ2v) is 6.49. The van der Waals surface area contributed by atoms with Crippen LogP contribution in [0.15, 0.2) is 17.1 Å². The molecular weight excluding hydrogens is 384 g/mol. The van der Waals surface area contributed by atoms with E-state index in [9.17, 15) is 24.5 Å². The summed E-state index contributed by atoms with van der Waals surface area (Å²) in [6.45, 7) is 7.75. The highest BCUT2D eigenvalue weighted by Crippen LogP contribution is 2.16. The van der Waals surface area contributed by atoms with E-state index < -0.39 is 34.4 Å². The normalized spacial score (nSPS) is 13.6. The molecule has 0 fully saturated rings. The van der Waals surface area contributed by atoms with Gasteiger partial charge in [0.25, 0.3) is 11.9 Å². The topological polar surface area (TPSA) is 178 Å². The van der Waals surface area contributed by atoms with E-state index in [0.717, 1.165) is 12.2 Å². The predicted octanol–water partition coefficient (Wildman–Crippen LogP) is -0.0234. The number of esters is 1. The van der Waals surface area contributed by atoms with Crippen molar-refractivity contribution in [2.24, 2.45) is 16.6 Å². The van der Waals surface area contributed by atoms with E-state index in [1.165, 1.54) is 0 Å². The second-order valence-electron chi connectivity index (χ2n) is 6.49. The molecule has 0 aromatic heterocycles. The molecule has 0 heterocycles. The first-order valence-corrected chi connectivity index (χ1v) is 9.27. The summed E-state index contributed by atoms with van der Waals surface area (Å²) >= 11 is 0. The first-order valence-electron chi connectivity index (χ1n) is 9.27. The van der Waals surface area contributed by atoms with Crippen LogP contribution in [-0.4, -0.2) is 47.6 Å². The Kier molecular flexibility index (Phi) is 11.6. The molecule has 0 aromatic carbocycles. The fraction of sp³-hybridized carbons (Fsp3) is 0.647. The molecule has 0 unspecified atom stereocenters. The Balaban J connectivity index is 5.72. The lowest BCUT2D eigenvalue weighted by molar-refractivity contribution is -0.525. The van der Waals surface area contributed by atoms with E-state index in [0.29, 0.717) is 25.3 Å². The van der Waals surface area contributed by atoms with Gasteiger partial charge in [-0.25, -0.2) is 19.9 Å². The Morgan fingerprint density at radius 2 is 1.93 bits per heavy atom. The maximum atomic E-state index is 12.8. The number of rotatable bonds is 12. The van der Waals surface area contributed by atoms with E-state index in [1.807, 2.05) is 13.8 Å². The van der Waals surface area contributed by atoms with Crippen LogP contribution in [0, 0.1) is 16.0 Å². The number of guanidine groups is 1. The predicted molar refractivity (Wildman–Crippen MR) is 106 cm³/mol. The molecule has 0 aliphatic carbocycles. The third kappa shape index (κ3) is 10.7. The van der Waals surface area contributed by atoms with Gasteiger partial charge in [0.2, 0.25) is 11.6 Å². The average molecular weight is 414 g/mol. The SMILES string of the molecule is CCC[C@](N=C(N)N[N+](=O)[O-])(NC(=O)/C=C/C(=O)OCC)C(=O)NCCC(C)C. The third-order valence-corrected chi connectivity index (χ3v) is 3.50. The Bertz CT molecular complexity index is 648. The van der Waals surface area contributed by atoms with E-state index >= 15 is 0 Å². The summed E-state index contributed by atoms with van der Waals surface area (Å²) in [6, 6.07) is 0. The molecule has 0 saturated heterocycles. The van der Waals surface area contributed by atoms with E-state index in [-0.39, 0.29) is 13.0 Å². The van der Waals surface area contributed by atoms with Crippen LogP contribution in [0.2, 0.25) is 0 Å². The summed E-state index contributed by atoms with van der Waals surface area (Å²) < 4.78 is 4.68. The smallest absolute Gasteiger partial charge is 0.330 e. The standard InChI is InChI=1S/C17H30N6O6/c1-5-10-17(21-16(18)22-23(27)28,15(26)19-11-9-12(3)4)20-13(24)7-8-14(25)29-6-2/h7-8,12H,5-6,9-11H2,1-4H3,(H,19,26)(H,20,24)(H3,18,21,22)/b8-7+/t17-/m1/s1. The van der Waals surface area contributed by atoms with Crippen molar-refractivity contribution in [3.8, 4) is 0 Å². The number of hydrazine groups is 1. The van der Waals surface area contributed by atoms with Crippen molar-refractivity contribution in [3.05, 3.63) is 22.3 Å². The third-order valence-electron chi connectivity index (χ3n) is 3.50. The van der Waals surface area contributed by atoms with Crippen LogP contribution in [0.4, 0.5) is 0 Å². The molecule has 29 heavy (non-hydrogen) atoms. The zero-order valence-corrected chi connectivity index (χ0v) is 17.2. The van der Waals surface area contributed by atoms with Crippen LogP contribution in [0.25, 0.3) is 0 Å². The van der Waals surface area contributed by atoms with Gasteiger partial charge < -0.3 is 21.1 Å². The summed E-state index contributed by atoms with van der Waals surface area (Å²) in [5.41, 5.74) is 5.28. The monoisotopic (exact) mass is 414 g/mol. The summed E-state index contributed by atoms with van der Waals surface area (Å²) in [6.07, 6.45) is 2.87. The Hall–Kier alpha value is -3.18. The summed E-state index contributed by atoms with van der Waals surface area (Å²) in [5, 5.41) is 14.7. The first-order chi connectivity index (χ1) is 13.6. The van der Waals surface area contributed by atoms with Crippen LogP contribution >= 0.6 is 0 Å². The Labute approximate surface area is 169 Å². The summed E-state index contributed by atoms with van der Waals surface area (Å²) in [5.74, 6) is -2.56. The number of hydrogen-bond acceptors (Lipinski definition) is 7. The largest absolute Gasteiger partial charge is 0.463 e. The van der Waals surface area contributed by atoms with Gasteiger partial charge in [-0.15, -0.1) is 0 Å². The van der Waals surface area contributed by atoms with Gasteiger partial charge in [0.05, 0.1) is 6.61 Å². The Morgan fingerprint density at radius 1 is 1.28 bits per heavy atom. The van der Waals surface area contributed by atoms with Crippen LogP contribution in [0.5, 0.6) is 0 Å². The van der Waals surface area contributed by atoms with Crippen molar-refractivity contribution in [2.75, 3.05) is 13.2 Å². The van der Waals surface area contributed by atoms with Crippen LogP contribution in [0.1, 0.15) is 47.0 Å². The summed E-state index contributed by atoms with van der Waals surface area (Å²) in [7, 11) is 0. The van der Waals surface area contributed by atoms with Crippen molar-refractivity contribution < 1.29 is 24.2 Å². The number of hydrogen-bond donors (Lipinski definition) is 4. The quantitative estimate of drug-likeness (QED) is 0.0859. The molecule has 0 radical (unpaired) electrons. The molecule has 5 N–H and O–H groups in total. The van der Waals surface area contributed by atoms with Crippen molar-refractivity contribution in [3.63, 3.8) is 0 Å². The molecule has 164 valence electrons. The number of carbonyl (C=O) groups excluding carboxylic acids is 3. The average Bonchev–Trinajstić information content (AvgIpc) is 2.59. The van der Waals surface area contributed by atoms with Crippen LogP contribution < -0.4 is 21.8 Å². The fourth-order valence-electron chi connectivity index (χ4n) is 2.25. The highest BCUT2D eigenvalue weighted by atomic mass is 16.7. The second kappa shape index (κ2) is 13.1. The Morgan fingerprint density at radius 3 is 2.45 bits per heavy atom. The number of nitro groups is 1. The molecule has 0 aliphatic heterocycles. The van der Waals surface area contributed by atoms with Gasteiger partial charge >= 0.3 is 5.97 Å². The van der Waals surface area contributed by atoms with Gasteiger partial charge in [-0.2, -0.15) is 0 Å². The lowest BCUT2D eigenvalue weighted by Gasteiger charge is -2.29. The van der Waals surface area contributed by atoms with Crippen molar-refractivity contribution in [2.45, 2.75) is 52.6 Å². The number of nitrogens with zero attached hydrogens (tertiary/aromatic N) is 2. The van der Waals surface area contributed by atoms with Crippen molar-refractivity contribution in [1.82, 2.24) is 16.1 Å². The van der Waals surface area contributed by atoms with Gasteiger partial charge in [-0.1, -0.05) is 32.6 Å². The minimum absolute atomic E-state index is 0.0135. The maximum Gasteiger partial charge on any atom is 0.330 e. The highest BCUT2D eigenvalue weighted by molar-refractivity contribution is 5.99. The number of ether oxygens (including phenoxy) is 1. The number of aliphatic imine (C=N–C) groups is 1. The van der Waals surface area contributed by atoms with Gasteiger partial charge in [0, 0.05) is 25.1 Å². The van der Waals surface area contributed by atoms with Crippen molar-refractivity contribution in [1.29, 1.82) is 0 Å². The summed E-state index contributed by atoms with van der Waals surface area (Å²) in [4.78, 5) is 51.0. The molecule has 1 atom stereocenters. The molecule has 0 aromatic rings. The molecule has 0 spiro atoms. The van der Waals surface area contributed by atoms with E-state index in [1.54, 1.807) is 19.3 Å². The van der Waals surface area contributed by atoms with Gasteiger partial charge in [-0.3, -0.25) is 9.59 Å². The molecule has 0 saturated carbocycles. The van der Waals surface area contributed by atoms with E-state index in [4.69, 9.17) is 5.73 Å². The minimum atomic E-state index is -1.89. The fourth-order valence-corrected chi connectivity index (χ4v) is 2.25. The zero-order valence-electron chi connectivity index (χ0n) is 17.2. The minimum Gasteiger partial charge on any atom is -0.463 e. The zero-order chi connectivity index (χ0) is 22.4. The molecule has 0 bridgehead atoms. The molecule has 0 rings (SSSR count). The molecule has 0 aliphatic rings. The van der Waals surface area contributed by atoms with E-state index in [2.05, 4.69) is 20.4 Å². The van der Waals surface area contributed by atoms with Crippen LogP contribution in [0.3, 0.4) is 0 Å². The lowest BCUT2D eigenvalue weighted by Crippen LogP contribution is -2.59. The van der Waals surface area contributed by atoms with Gasteiger partial charge in [-0.05, 0) is 19.3 Å². The van der Waals surface area contributed by atoms with Gasteiger partial charge in [0.1, 0.15) is 0 Å². The molecule has 12 heteroatoms. The van der Waals surface area contributed by atoms with Crippen LogP contribution in [-0.2, 0) is 19.1 Å². The number of nitrogens with two attached hydrogens (primary N) is 1. The molecule has 2 amide bonds.